The second-order valence-corrected chi connectivity index (χ2v) is 11.7. The maximum atomic E-state index is 13.1. The second-order valence-electron chi connectivity index (χ2n) is 9.03. The van der Waals surface area contributed by atoms with Crippen LogP contribution in [-0.4, -0.2) is 48.3 Å². The summed E-state index contributed by atoms with van der Waals surface area (Å²) >= 11 is 0.773. The van der Waals surface area contributed by atoms with Gasteiger partial charge in [0, 0.05) is 18.3 Å². The molecule has 0 aliphatic carbocycles. The minimum atomic E-state index is -5.70. The molecule has 35 heavy (non-hydrogen) atoms. The highest BCUT2D eigenvalue weighted by atomic mass is 32.2. The predicted octanol–water partition coefficient (Wildman–Crippen LogP) is 5.33. The van der Waals surface area contributed by atoms with Gasteiger partial charge in [-0.25, -0.2) is 4.79 Å². The zero-order chi connectivity index (χ0) is 26.2. The molecule has 1 aromatic carbocycles. The summed E-state index contributed by atoms with van der Waals surface area (Å²) in [5, 5.41) is 15.1. The zero-order valence-corrected chi connectivity index (χ0v) is 21.3. The molecular formula is C20H25F3N6O4S2. The quantitative estimate of drug-likeness (QED) is 0.392. The first-order valence-corrected chi connectivity index (χ1v) is 12.9. The van der Waals surface area contributed by atoms with Crippen LogP contribution in [0.15, 0.2) is 22.4 Å². The largest absolute Gasteiger partial charge is 0.516 e. The van der Waals surface area contributed by atoms with Crippen LogP contribution in [-0.2, 0) is 21.2 Å². The Morgan fingerprint density at radius 1 is 1.20 bits per heavy atom. The number of rotatable bonds is 6. The maximum Gasteiger partial charge on any atom is 0.516 e. The number of nitrogens with zero attached hydrogens (tertiary/aromatic N) is 5. The van der Waals surface area contributed by atoms with Crippen molar-refractivity contribution in [1.29, 1.82) is 0 Å². The lowest BCUT2D eigenvalue weighted by Gasteiger charge is -2.35. The molecule has 0 amide bonds. The average Bonchev–Trinajstić information content (AvgIpc) is 3.18. The minimum Gasteiger partial charge on any atom is -0.455 e. The van der Waals surface area contributed by atoms with Crippen molar-refractivity contribution >= 4 is 49.5 Å². The van der Waals surface area contributed by atoms with Crippen LogP contribution in [0.5, 0.6) is 0 Å². The Kier molecular flexibility index (Phi) is 7.41. The third-order valence-electron chi connectivity index (χ3n) is 4.76. The molecule has 0 radical (unpaired) electrons. The fourth-order valence-electron chi connectivity index (χ4n) is 3.31. The van der Waals surface area contributed by atoms with Crippen LogP contribution >= 0.6 is 11.3 Å². The average molecular weight is 535 g/mol. The highest BCUT2D eigenvalue weighted by Gasteiger charge is 2.46. The Labute approximate surface area is 204 Å². The smallest absolute Gasteiger partial charge is 0.455 e. The summed E-state index contributed by atoms with van der Waals surface area (Å²) in [5.74, 6) is -0.711. The fourth-order valence-corrected chi connectivity index (χ4v) is 4.42. The van der Waals surface area contributed by atoms with Crippen LogP contribution in [0.2, 0.25) is 0 Å². The van der Waals surface area contributed by atoms with E-state index in [1.165, 1.54) is 12.1 Å². The molecule has 1 N–H and O–H groups in total. The molecule has 3 rings (SSSR count). The summed E-state index contributed by atoms with van der Waals surface area (Å²) in [6.45, 7) is 9.60. The molecule has 192 valence electrons. The monoisotopic (exact) mass is 534 g/mol. The Hall–Kier alpha value is -2.81. The van der Waals surface area contributed by atoms with Crippen molar-refractivity contribution in [3.63, 3.8) is 0 Å². The number of hydrogen-bond donors (Lipinski definition) is 1. The van der Waals surface area contributed by atoms with Crippen LogP contribution in [0.25, 0.3) is 0 Å². The van der Waals surface area contributed by atoms with Crippen LogP contribution < -0.4 is 9.62 Å². The van der Waals surface area contributed by atoms with Crippen molar-refractivity contribution in [3.8, 4) is 0 Å². The van der Waals surface area contributed by atoms with Gasteiger partial charge >= 0.3 is 21.5 Å². The van der Waals surface area contributed by atoms with E-state index < -0.39 is 27.1 Å². The van der Waals surface area contributed by atoms with Crippen molar-refractivity contribution in [2.24, 2.45) is 10.2 Å². The second kappa shape index (κ2) is 9.68. The van der Waals surface area contributed by atoms with E-state index in [1.54, 1.807) is 25.5 Å². The number of carbonyl (C=O) groups is 1. The summed E-state index contributed by atoms with van der Waals surface area (Å²) in [6, 6.07) is 2.87. The van der Waals surface area contributed by atoms with Gasteiger partial charge in [-0.1, -0.05) is 11.3 Å². The Balaban J connectivity index is 1.99. The molecule has 0 spiro atoms. The molecular weight excluding hydrogens is 509 g/mol. The highest BCUT2D eigenvalue weighted by molar-refractivity contribution is 7.93. The number of esters is 1. The molecule has 0 fully saturated rings. The van der Waals surface area contributed by atoms with E-state index in [-0.39, 0.29) is 27.6 Å². The molecule has 0 unspecified atom stereocenters. The van der Waals surface area contributed by atoms with Gasteiger partial charge < -0.3 is 9.64 Å². The van der Waals surface area contributed by atoms with E-state index in [1.807, 2.05) is 18.7 Å². The van der Waals surface area contributed by atoms with E-state index in [4.69, 9.17) is 4.74 Å². The topological polar surface area (TPSA) is 126 Å². The van der Waals surface area contributed by atoms with Gasteiger partial charge in [0.15, 0.2) is 0 Å². The summed E-state index contributed by atoms with van der Waals surface area (Å²) in [4.78, 5) is 14.1. The number of ether oxygens (including phenoxy) is 1. The van der Waals surface area contributed by atoms with E-state index >= 15 is 0 Å². The van der Waals surface area contributed by atoms with Crippen molar-refractivity contribution in [2.45, 2.75) is 64.6 Å². The lowest BCUT2D eigenvalue weighted by atomic mass is 9.99. The first-order chi connectivity index (χ1) is 16.1. The molecule has 15 heteroatoms. The number of nitrogens with one attached hydrogen (secondary N) is 1. The van der Waals surface area contributed by atoms with E-state index in [0.717, 1.165) is 23.3 Å². The molecule has 0 saturated heterocycles. The van der Waals surface area contributed by atoms with Crippen molar-refractivity contribution in [3.05, 3.63) is 22.7 Å². The third kappa shape index (κ3) is 6.45. The number of halogens is 3. The standard InChI is InChI=1S/C20H25F3N6O4S2/c1-11(2)29-8-6-7-12-9-13(14(10-15(12)29)28-35(31,32)20(21,22)23)24-26-18-27-25-16(34-18)17(30)33-19(3,4)5/h9-11,28H,6-8H2,1-5H3. The van der Waals surface area contributed by atoms with Crippen LogP contribution in [0.1, 0.15) is 56.4 Å². The van der Waals surface area contributed by atoms with Crippen LogP contribution in [0, 0.1) is 0 Å². The normalized spacial score (nSPS) is 14.9. The molecule has 2 aromatic rings. The Morgan fingerprint density at radius 2 is 1.89 bits per heavy atom. The summed E-state index contributed by atoms with van der Waals surface area (Å²) in [6.07, 6.45) is 1.44. The number of anilines is 2. The molecule has 1 aliphatic heterocycles. The number of aromatic nitrogens is 2. The minimum absolute atomic E-state index is 0.0428. The molecule has 0 saturated carbocycles. The number of sulfonamides is 1. The maximum absolute atomic E-state index is 13.1. The first-order valence-electron chi connectivity index (χ1n) is 10.6. The first kappa shape index (κ1) is 26.8. The zero-order valence-electron chi connectivity index (χ0n) is 19.7. The summed E-state index contributed by atoms with van der Waals surface area (Å²) in [7, 11) is -5.70. The number of benzene rings is 1. The molecule has 2 heterocycles. The number of fused-ring (bicyclic) bond motifs is 1. The van der Waals surface area contributed by atoms with E-state index in [2.05, 4.69) is 20.4 Å². The number of alkyl halides is 3. The Bertz CT molecular complexity index is 1240. The van der Waals surface area contributed by atoms with Crippen LogP contribution in [0.4, 0.5) is 35.4 Å². The van der Waals surface area contributed by atoms with Crippen molar-refractivity contribution < 1.29 is 31.1 Å². The number of hydrogen-bond acceptors (Lipinski definition) is 10. The number of azo groups is 1. The molecule has 10 nitrogen and oxygen atoms in total. The van der Waals surface area contributed by atoms with Gasteiger partial charge in [-0.3, -0.25) is 4.72 Å². The lowest BCUT2D eigenvalue weighted by Crippen LogP contribution is -2.35. The SMILES string of the molecule is CC(C)N1CCCc2cc(N=Nc3nnc(C(=O)OC(C)(C)C)s3)c(NS(=O)(=O)C(F)(F)F)cc21. The third-order valence-corrected chi connectivity index (χ3v) is 6.64. The van der Waals surface area contributed by atoms with Crippen molar-refractivity contribution in [2.75, 3.05) is 16.2 Å². The number of aryl methyl sites for hydroxylation is 1. The van der Waals surface area contributed by atoms with E-state index in [9.17, 15) is 26.4 Å². The molecule has 0 atom stereocenters. The van der Waals surface area contributed by atoms with Crippen LogP contribution in [0.3, 0.4) is 0 Å². The van der Waals surface area contributed by atoms with E-state index in [0.29, 0.717) is 18.7 Å². The lowest BCUT2D eigenvalue weighted by molar-refractivity contribution is -0.0429. The van der Waals surface area contributed by atoms with Gasteiger partial charge in [0.05, 0.1) is 5.69 Å². The van der Waals surface area contributed by atoms with Gasteiger partial charge in [-0.2, -0.15) is 21.6 Å². The summed E-state index contributed by atoms with van der Waals surface area (Å²) < 4.78 is 69.6. The van der Waals surface area contributed by atoms with Gasteiger partial charge in [0.2, 0.25) is 5.01 Å². The Morgan fingerprint density at radius 3 is 2.49 bits per heavy atom. The molecule has 0 bridgehead atoms. The van der Waals surface area contributed by atoms with Gasteiger partial charge in [0.1, 0.15) is 11.3 Å². The van der Waals surface area contributed by atoms with Gasteiger partial charge in [0.25, 0.3) is 5.13 Å². The predicted molar refractivity (Wildman–Crippen MR) is 125 cm³/mol. The van der Waals surface area contributed by atoms with Gasteiger partial charge in [-0.15, -0.1) is 20.4 Å². The highest BCUT2D eigenvalue weighted by Crippen LogP contribution is 2.40. The van der Waals surface area contributed by atoms with Crippen molar-refractivity contribution in [1.82, 2.24) is 10.2 Å². The molecule has 1 aliphatic rings. The fraction of sp³-hybridized carbons (Fsp3) is 0.550. The summed E-state index contributed by atoms with van der Waals surface area (Å²) in [5.41, 5.74) is -5.36. The van der Waals surface area contributed by atoms with Gasteiger partial charge in [-0.05, 0) is 65.2 Å². The number of carbonyl (C=O) groups excluding carboxylic acids is 1. The molecule has 1 aromatic heterocycles.